The van der Waals surface area contributed by atoms with Gasteiger partial charge in [-0.2, -0.15) is 0 Å². The van der Waals surface area contributed by atoms with Crippen LogP contribution >= 0.6 is 0 Å². The van der Waals surface area contributed by atoms with Gasteiger partial charge in [0, 0.05) is 12.1 Å². The number of piperidine rings is 1. The van der Waals surface area contributed by atoms with Gasteiger partial charge in [0.15, 0.2) is 0 Å². The minimum Gasteiger partial charge on any atom is -0.444 e. The summed E-state index contributed by atoms with van der Waals surface area (Å²) in [6, 6.07) is 8.61. The normalized spacial score (nSPS) is 19.9. The molecule has 0 bridgehead atoms. The predicted octanol–water partition coefficient (Wildman–Crippen LogP) is 3.12. The van der Waals surface area contributed by atoms with E-state index in [0.717, 1.165) is 24.3 Å². The highest BCUT2D eigenvalue weighted by Crippen LogP contribution is 2.26. The molecule has 18 heavy (non-hydrogen) atoms. The van der Waals surface area contributed by atoms with Crippen molar-refractivity contribution in [1.29, 1.82) is 0 Å². The maximum absolute atomic E-state index is 5.41. The molecule has 3 heteroatoms. The molecule has 0 radical (unpaired) electrons. The highest BCUT2D eigenvalue weighted by Gasteiger charge is 2.15. The molecule has 0 saturated carbocycles. The lowest BCUT2D eigenvalue weighted by Crippen LogP contribution is -2.28. The Morgan fingerprint density at radius 3 is 2.72 bits per heavy atom. The lowest BCUT2D eigenvalue weighted by atomic mass is 9.91. The Morgan fingerprint density at radius 1 is 1.28 bits per heavy atom. The first-order valence-corrected chi connectivity index (χ1v) is 6.56. The maximum atomic E-state index is 5.41. The first-order valence-electron chi connectivity index (χ1n) is 6.56. The molecule has 0 spiro atoms. The molecule has 1 atom stereocenters. The van der Waals surface area contributed by atoms with Gasteiger partial charge in [0.05, 0.1) is 5.69 Å². The van der Waals surface area contributed by atoms with Crippen LogP contribution in [-0.2, 0) is 0 Å². The molecular weight excluding hydrogens is 224 g/mol. The molecule has 0 amide bonds. The molecule has 1 aliphatic heterocycles. The number of benzene rings is 1. The number of nitrogens with zero attached hydrogens (tertiary/aromatic N) is 1. The molecule has 1 aromatic heterocycles. The third-order valence-corrected chi connectivity index (χ3v) is 3.54. The van der Waals surface area contributed by atoms with Crippen LogP contribution in [-0.4, -0.2) is 18.1 Å². The Kier molecular flexibility index (Phi) is 3.15. The summed E-state index contributed by atoms with van der Waals surface area (Å²) in [5, 5.41) is 3.45. The highest BCUT2D eigenvalue weighted by atomic mass is 16.3. The molecule has 3 nitrogen and oxygen atoms in total. The van der Waals surface area contributed by atoms with Crippen LogP contribution in [0.15, 0.2) is 34.9 Å². The predicted molar refractivity (Wildman–Crippen MR) is 71.5 cm³/mol. The van der Waals surface area contributed by atoms with Crippen LogP contribution in [0, 0.1) is 6.92 Å². The molecule has 1 N–H and O–H groups in total. The van der Waals surface area contributed by atoms with Crippen LogP contribution in [0.5, 0.6) is 0 Å². The fourth-order valence-corrected chi connectivity index (χ4v) is 2.52. The molecule has 3 rings (SSSR count). The van der Waals surface area contributed by atoms with Crippen molar-refractivity contribution < 1.29 is 4.42 Å². The molecule has 1 unspecified atom stereocenters. The summed E-state index contributed by atoms with van der Waals surface area (Å²) in [5.74, 6) is 1.36. The molecule has 2 heterocycles. The van der Waals surface area contributed by atoms with Gasteiger partial charge < -0.3 is 9.73 Å². The molecule has 1 saturated heterocycles. The lowest BCUT2D eigenvalue weighted by molar-refractivity contribution is 0.461. The maximum Gasteiger partial charge on any atom is 0.226 e. The van der Waals surface area contributed by atoms with Crippen molar-refractivity contribution in [2.45, 2.75) is 25.7 Å². The third kappa shape index (κ3) is 2.31. The fraction of sp³-hybridized carbons (Fsp3) is 0.400. The number of rotatable bonds is 2. The van der Waals surface area contributed by atoms with Gasteiger partial charge in [-0.05, 0) is 49.9 Å². The van der Waals surface area contributed by atoms with E-state index < -0.39 is 0 Å². The zero-order valence-electron chi connectivity index (χ0n) is 10.6. The van der Waals surface area contributed by atoms with Crippen molar-refractivity contribution in [3.8, 4) is 11.5 Å². The average molecular weight is 242 g/mol. The van der Waals surface area contributed by atoms with Crippen molar-refractivity contribution in [2.75, 3.05) is 13.1 Å². The number of nitrogens with one attached hydrogen (secondary N) is 1. The Bertz CT molecular complexity index is 510. The first kappa shape index (κ1) is 11.5. The summed E-state index contributed by atoms with van der Waals surface area (Å²) >= 11 is 0. The zero-order valence-corrected chi connectivity index (χ0v) is 10.6. The van der Waals surface area contributed by atoms with E-state index in [9.17, 15) is 0 Å². The Balaban J connectivity index is 1.80. The summed E-state index contributed by atoms with van der Waals surface area (Å²) in [6.07, 6.45) is 4.24. The smallest absolute Gasteiger partial charge is 0.226 e. The van der Waals surface area contributed by atoms with Crippen molar-refractivity contribution in [1.82, 2.24) is 10.3 Å². The van der Waals surface area contributed by atoms with E-state index in [2.05, 4.69) is 34.6 Å². The monoisotopic (exact) mass is 242 g/mol. The van der Waals surface area contributed by atoms with Crippen LogP contribution in [0.1, 0.15) is 30.0 Å². The van der Waals surface area contributed by atoms with Crippen molar-refractivity contribution >= 4 is 0 Å². The van der Waals surface area contributed by atoms with Gasteiger partial charge in [0.1, 0.15) is 6.26 Å². The number of oxazole rings is 1. The van der Waals surface area contributed by atoms with Gasteiger partial charge in [0.25, 0.3) is 0 Å². The molecule has 1 aromatic carbocycles. The van der Waals surface area contributed by atoms with Crippen LogP contribution < -0.4 is 5.32 Å². The van der Waals surface area contributed by atoms with Crippen molar-refractivity contribution in [2.24, 2.45) is 0 Å². The van der Waals surface area contributed by atoms with Gasteiger partial charge in [-0.15, -0.1) is 0 Å². The lowest BCUT2D eigenvalue weighted by Gasteiger charge is -2.23. The summed E-state index contributed by atoms with van der Waals surface area (Å²) < 4.78 is 5.41. The summed E-state index contributed by atoms with van der Waals surface area (Å²) in [4.78, 5) is 4.34. The second-order valence-corrected chi connectivity index (χ2v) is 4.96. The van der Waals surface area contributed by atoms with E-state index in [4.69, 9.17) is 4.42 Å². The molecule has 1 aliphatic rings. The Morgan fingerprint density at radius 2 is 2.11 bits per heavy atom. The topological polar surface area (TPSA) is 38.1 Å². The third-order valence-electron chi connectivity index (χ3n) is 3.54. The summed E-state index contributed by atoms with van der Waals surface area (Å²) in [5.41, 5.74) is 3.38. The molecule has 1 fully saturated rings. The first-order chi connectivity index (χ1) is 8.83. The molecular formula is C15H18N2O. The second kappa shape index (κ2) is 4.94. The summed E-state index contributed by atoms with van der Waals surface area (Å²) in [7, 11) is 0. The van der Waals surface area contributed by atoms with Crippen LogP contribution in [0.25, 0.3) is 11.5 Å². The molecule has 0 aliphatic carbocycles. The van der Waals surface area contributed by atoms with Gasteiger partial charge in [-0.3, -0.25) is 0 Å². The van der Waals surface area contributed by atoms with E-state index in [0.29, 0.717) is 11.8 Å². The average Bonchev–Trinajstić information content (AvgIpc) is 2.87. The van der Waals surface area contributed by atoms with E-state index in [-0.39, 0.29) is 0 Å². The van der Waals surface area contributed by atoms with Crippen LogP contribution in [0.2, 0.25) is 0 Å². The standard InChI is InChI=1S/C15H18N2O/c1-11-10-18-15(17-11)13-6-4-12(5-7-13)14-3-2-8-16-9-14/h4-7,10,14,16H,2-3,8-9H2,1H3. The van der Waals surface area contributed by atoms with E-state index in [1.807, 2.05) is 6.92 Å². The second-order valence-electron chi connectivity index (χ2n) is 4.96. The van der Waals surface area contributed by atoms with Crippen LogP contribution in [0.4, 0.5) is 0 Å². The SMILES string of the molecule is Cc1coc(-c2ccc(C3CCCNC3)cc2)n1. The van der Waals surface area contributed by atoms with E-state index >= 15 is 0 Å². The van der Waals surface area contributed by atoms with Gasteiger partial charge in [0.2, 0.25) is 5.89 Å². The van der Waals surface area contributed by atoms with Crippen molar-refractivity contribution in [3.05, 3.63) is 41.8 Å². The van der Waals surface area contributed by atoms with Crippen molar-refractivity contribution in [3.63, 3.8) is 0 Å². The molecule has 94 valence electrons. The Hall–Kier alpha value is -1.61. The minimum absolute atomic E-state index is 0.652. The number of hydrogen-bond donors (Lipinski definition) is 1. The Labute approximate surface area is 107 Å². The number of hydrogen-bond acceptors (Lipinski definition) is 3. The quantitative estimate of drug-likeness (QED) is 0.879. The minimum atomic E-state index is 0.652. The number of aromatic nitrogens is 1. The van der Waals surface area contributed by atoms with Gasteiger partial charge in [-0.1, -0.05) is 12.1 Å². The van der Waals surface area contributed by atoms with Gasteiger partial charge in [-0.25, -0.2) is 4.98 Å². The highest BCUT2D eigenvalue weighted by molar-refractivity contribution is 5.54. The largest absolute Gasteiger partial charge is 0.444 e. The van der Waals surface area contributed by atoms with E-state index in [1.165, 1.54) is 18.4 Å². The fourth-order valence-electron chi connectivity index (χ4n) is 2.52. The zero-order chi connectivity index (χ0) is 12.4. The number of aryl methyl sites for hydroxylation is 1. The van der Waals surface area contributed by atoms with E-state index in [1.54, 1.807) is 6.26 Å². The summed E-state index contributed by atoms with van der Waals surface area (Å²) in [6.45, 7) is 4.19. The molecule has 2 aromatic rings. The van der Waals surface area contributed by atoms with Crippen LogP contribution in [0.3, 0.4) is 0 Å². The van der Waals surface area contributed by atoms with Gasteiger partial charge >= 0.3 is 0 Å².